The van der Waals surface area contributed by atoms with Gasteiger partial charge in [0.15, 0.2) is 6.61 Å². The van der Waals surface area contributed by atoms with Crippen LogP contribution in [-0.2, 0) is 31.2 Å². The maximum atomic E-state index is 13.1. The van der Waals surface area contributed by atoms with Gasteiger partial charge in [0.25, 0.3) is 5.91 Å². The van der Waals surface area contributed by atoms with Crippen LogP contribution in [0.25, 0.3) is 0 Å². The van der Waals surface area contributed by atoms with Gasteiger partial charge in [-0.25, -0.2) is 4.79 Å². The van der Waals surface area contributed by atoms with Gasteiger partial charge in [0.05, 0.1) is 12.6 Å². The molecular weight excluding hydrogens is 783 g/mol. The number of nitrogens with zero attached hydrogens (tertiary/aromatic N) is 4. The number of esters is 1. The van der Waals surface area contributed by atoms with Crippen LogP contribution in [0.2, 0.25) is 5.02 Å². The van der Waals surface area contributed by atoms with E-state index in [-0.39, 0.29) is 17.5 Å². The maximum Gasteiger partial charge on any atom is 0.422 e. The molecule has 0 radical (unpaired) electrons. The van der Waals surface area contributed by atoms with Gasteiger partial charge in [0, 0.05) is 35.1 Å². The lowest BCUT2D eigenvalue weighted by molar-refractivity contribution is -0.154. The van der Waals surface area contributed by atoms with Gasteiger partial charge in [-0.1, -0.05) is 42.3 Å². The molecule has 0 spiro atoms. The molecule has 0 unspecified atom stereocenters. The summed E-state index contributed by atoms with van der Waals surface area (Å²) in [6.45, 7) is 0.816. The average Bonchev–Trinajstić information content (AvgIpc) is 3.99. The smallest absolute Gasteiger partial charge is 0.422 e. The largest absolute Gasteiger partial charge is 0.467 e. The van der Waals surface area contributed by atoms with Crippen molar-refractivity contribution < 1.29 is 41.8 Å². The van der Waals surface area contributed by atoms with E-state index in [0.717, 1.165) is 37.9 Å². The first-order chi connectivity index (χ1) is 27.8. The van der Waals surface area contributed by atoms with Crippen LogP contribution in [0.3, 0.4) is 0 Å². The molecular formula is C39H41ClF3N9O6. The molecule has 1 saturated carbocycles. The van der Waals surface area contributed by atoms with Crippen LogP contribution in [0.4, 0.5) is 36.4 Å². The maximum absolute atomic E-state index is 13.1. The number of hydrogen-bond donors (Lipinski definition) is 5. The summed E-state index contributed by atoms with van der Waals surface area (Å²) in [6, 6.07) is 18.1. The molecule has 306 valence electrons. The summed E-state index contributed by atoms with van der Waals surface area (Å²) in [6.07, 6.45) is 0.358. The van der Waals surface area contributed by atoms with Crippen molar-refractivity contribution in [3.63, 3.8) is 0 Å². The van der Waals surface area contributed by atoms with Gasteiger partial charge in [0.2, 0.25) is 11.9 Å². The highest BCUT2D eigenvalue weighted by Gasteiger charge is 2.45. The second kappa shape index (κ2) is 18.5. The van der Waals surface area contributed by atoms with Crippen LogP contribution in [-0.4, -0.2) is 89.1 Å². The standard InChI is InChI=1S/C39H41ClF3N9O6/c1-57-34(56)30(21-44-32(54)33(55)45-28-13-5-24(6-14-28)22-52-19-3-2-4-20-52)47-31(53)25-7-15-29(16-8-25)46-35-48-36(50-37(49-35)58-23-39(41,42)43)51-38(17-18-38)26-9-11-27(40)12-10-26/h5-16,30H,2-4,17-23H2,1H3,(H,44,54)(H,45,55)(H,47,53)(H2,46,48,49,50,51)/t30-/m0/s1. The third-order valence-corrected chi connectivity index (χ3v) is 9.66. The zero-order valence-corrected chi connectivity index (χ0v) is 32.1. The predicted octanol–water partition coefficient (Wildman–Crippen LogP) is 5.32. The Hall–Kier alpha value is -6.01. The first-order valence-corrected chi connectivity index (χ1v) is 18.8. The summed E-state index contributed by atoms with van der Waals surface area (Å²) in [7, 11) is 1.11. The number of carbonyl (C=O) groups excluding carboxylic acids is 4. The summed E-state index contributed by atoms with van der Waals surface area (Å²) >= 11 is 6.04. The number of methoxy groups -OCH3 is 1. The normalized spacial score (nSPS) is 15.3. The van der Waals surface area contributed by atoms with E-state index in [1.807, 2.05) is 24.3 Å². The Morgan fingerprint density at radius 3 is 2.14 bits per heavy atom. The molecule has 2 fully saturated rings. The molecule has 3 aromatic carbocycles. The third kappa shape index (κ3) is 11.8. The monoisotopic (exact) mass is 823 g/mol. The average molecular weight is 824 g/mol. The van der Waals surface area contributed by atoms with Crippen LogP contribution >= 0.6 is 11.6 Å². The van der Waals surface area contributed by atoms with Crippen LogP contribution in [0.15, 0.2) is 72.8 Å². The lowest BCUT2D eigenvalue weighted by Crippen LogP contribution is -2.50. The summed E-state index contributed by atoms with van der Waals surface area (Å²) in [5, 5.41) is 14.0. The Bertz CT molecular complexity index is 2080. The number of ether oxygens (including phenoxy) is 2. The number of amides is 3. The van der Waals surface area contributed by atoms with Crippen LogP contribution in [0.1, 0.15) is 53.6 Å². The van der Waals surface area contributed by atoms with Gasteiger partial charge in [-0.2, -0.15) is 28.1 Å². The Labute approximate surface area is 336 Å². The molecule has 4 aromatic rings. The van der Waals surface area contributed by atoms with E-state index in [9.17, 15) is 32.3 Å². The molecule has 6 rings (SSSR count). The lowest BCUT2D eigenvalue weighted by atomic mass is 10.1. The van der Waals surface area contributed by atoms with E-state index in [4.69, 9.17) is 21.1 Å². The third-order valence-electron chi connectivity index (χ3n) is 9.41. The van der Waals surface area contributed by atoms with Crippen molar-refractivity contribution in [1.82, 2.24) is 30.5 Å². The zero-order valence-electron chi connectivity index (χ0n) is 31.3. The van der Waals surface area contributed by atoms with E-state index in [1.54, 1.807) is 24.3 Å². The minimum absolute atomic E-state index is 0.0335. The van der Waals surface area contributed by atoms with Crippen molar-refractivity contribution in [1.29, 1.82) is 0 Å². The van der Waals surface area contributed by atoms with Gasteiger partial charge >= 0.3 is 30.0 Å². The molecule has 5 N–H and O–H groups in total. The second-order valence-corrected chi connectivity index (χ2v) is 14.3. The van der Waals surface area contributed by atoms with Crippen molar-refractivity contribution in [3.05, 3.63) is 94.5 Å². The van der Waals surface area contributed by atoms with E-state index >= 15 is 0 Å². The fourth-order valence-electron chi connectivity index (χ4n) is 6.22. The molecule has 0 bridgehead atoms. The first kappa shape index (κ1) is 41.6. The summed E-state index contributed by atoms with van der Waals surface area (Å²) in [5.74, 6) is -3.75. The predicted molar refractivity (Wildman–Crippen MR) is 208 cm³/mol. The minimum Gasteiger partial charge on any atom is -0.467 e. The molecule has 15 nitrogen and oxygen atoms in total. The lowest BCUT2D eigenvalue weighted by Gasteiger charge is -2.26. The van der Waals surface area contributed by atoms with Crippen molar-refractivity contribution in [2.75, 3.05) is 49.3 Å². The Morgan fingerprint density at radius 2 is 1.50 bits per heavy atom. The van der Waals surface area contributed by atoms with Crippen molar-refractivity contribution >= 4 is 58.6 Å². The number of likely N-dealkylation sites (tertiary alicyclic amines) is 1. The molecule has 2 aliphatic rings. The fraction of sp³-hybridized carbons (Fsp3) is 0.359. The molecule has 1 aromatic heterocycles. The van der Waals surface area contributed by atoms with Crippen LogP contribution < -0.4 is 31.3 Å². The number of nitrogens with one attached hydrogen (secondary N) is 5. The molecule has 2 heterocycles. The number of piperidine rings is 1. The second-order valence-electron chi connectivity index (χ2n) is 13.8. The Balaban J connectivity index is 1.04. The number of halogens is 4. The highest BCUT2D eigenvalue weighted by atomic mass is 35.5. The summed E-state index contributed by atoms with van der Waals surface area (Å²) in [5.41, 5.74) is 2.27. The molecule has 1 aliphatic carbocycles. The van der Waals surface area contributed by atoms with Gasteiger partial charge in [-0.3, -0.25) is 19.3 Å². The number of carbonyl (C=O) groups is 4. The van der Waals surface area contributed by atoms with E-state index < -0.39 is 60.6 Å². The van der Waals surface area contributed by atoms with Crippen molar-refractivity contribution in [2.45, 2.75) is 56.4 Å². The molecule has 19 heteroatoms. The fourth-order valence-corrected chi connectivity index (χ4v) is 6.34. The quantitative estimate of drug-likeness (QED) is 0.0768. The number of alkyl halides is 3. The van der Waals surface area contributed by atoms with E-state index in [1.165, 1.54) is 43.5 Å². The molecule has 1 aliphatic heterocycles. The van der Waals surface area contributed by atoms with Crippen LogP contribution in [0.5, 0.6) is 6.01 Å². The van der Waals surface area contributed by atoms with Gasteiger partial charge in [0.1, 0.15) is 6.04 Å². The minimum atomic E-state index is -4.64. The number of rotatable bonds is 15. The Morgan fingerprint density at radius 1 is 0.845 bits per heavy atom. The molecule has 3 amide bonds. The van der Waals surface area contributed by atoms with Crippen LogP contribution in [0, 0.1) is 0 Å². The highest BCUT2D eigenvalue weighted by Crippen LogP contribution is 2.48. The number of benzene rings is 3. The SMILES string of the molecule is COC(=O)[C@H](CNC(=O)C(=O)Nc1ccc(CN2CCCCC2)cc1)NC(=O)c1ccc(Nc2nc(NC3(c4ccc(Cl)cc4)CC3)nc(OCC(F)(F)F)n2)cc1. The molecule has 1 atom stereocenters. The first-order valence-electron chi connectivity index (χ1n) is 18.4. The highest BCUT2D eigenvalue weighted by molar-refractivity contribution is 6.39. The number of anilines is 4. The Kier molecular flexibility index (Phi) is 13.3. The van der Waals surface area contributed by atoms with E-state index in [0.29, 0.717) is 29.2 Å². The number of hydrogen-bond acceptors (Lipinski definition) is 12. The molecule has 1 saturated heterocycles. The molecule has 58 heavy (non-hydrogen) atoms. The number of aromatic nitrogens is 3. The van der Waals surface area contributed by atoms with Gasteiger partial charge in [-0.15, -0.1) is 0 Å². The summed E-state index contributed by atoms with van der Waals surface area (Å²) < 4.78 is 48.6. The van der Waals surface area contributed by atoms with Gasteiger partial charge in [-0.05, 0) is 98.4 Å². The zero-order chi connectivity index (χ0) is 41.3. The van der Waals surface area contributed by atoms with Gasteiger partial charge < -0.3 is 36.1 Å². The topological polar surface area (TPSA) is 189 Å². The van der Waals surface area contributed by atoms with Crippen molar-refractivity contribution in [2.24, 2.45) is 0 Å². The van der Waals surface area contributed by atoms with Crippen molar-refractivity contribution in [3.8, 4) is 6.01 Å². The van der Waals surface area contributed by atoms with E-state index in [2.05, 4.69) is 46.4 Å². The summed E-state index contributed by atoms with van der Waals surface area (Å²) in [4.78, 5) is 65.6.